The number of aromatic nitrogens is 1. The molecule has 0 amide bonds. The topological polar surface area (TPSA) is 60.7 Å². The average Bonchev–Trinajstić information content (AvgIpc) is 2.89. The molecule has 6 heteroatoms. The summed E-state index contributed by atoms with van der Waals surface area (Å²) in [7, 11) is 0. The van der Waals surface area contributed by atoms with Crippen molar-refractivity contribution < 1.29 is 14.8 Å². The van der Waals surface area contributed by atoms with Crippen molar-refractivity contribution in [1.82, 2.24) is 4.98 Å². The lowest BCUT2D eigenvalue weighted by Crippen LogP contribution is -3.14. The number of carboxylic acid groups (broad SMARTS) is 1. The van der Waals surface area contributed by atoms with E-state index in [0.717, 1.165) is 50.7 Å². The van der Waals surface area contributed by atoms with Gasteiger partial charge in [0.2, 0.25) is 0 Å². The molecule has 1 aliphatic heterocycles. The molecule has 2 heterocycles. The van der Waals surface area contributed by atoms with Gasteiger partial charge in [0.1, 0.15) is 0 Å². The van der Waals surface area contributed by atoms with E-state index in [9.17, 15) is 9.90 Å². The highest BCUT2D eigenvalue weighted by molar-refractivity contribution is 7.13. The Morgan fingerprint density at radius 1 is 1.44 bits per heavy atom. The van der Waals surface area contributed by atoms with Crippen LogP contribution in [0.3, 0.4) is 0 Å². The van der Waals surface area contributed by atoms with Crippen LogP contribution in [0.25, 0.3) is 0 Å². The summed E-state index contributed by atoms with van der Waals surface area (Å²) in [4.78, 5) is 18.5. The van der Waals surface area contributed by atoms with Crippen molar-refractivity contribution in [3.8, 4) is 0 Å². The minimum Gasteiger partial charge on any atom is -0.550 e. The molecule has 0 unspecified atom stereocenters. The average molecular weight is 269 g/mol. The van der Waals surface area contributed by atoms with Crippen LogP contribution >= 0.6 is 11.3 Å². The van der Waals surface area contributed by atoms with Crippen LogP contribution in [-0.2, 0) is 4.79 Å². The number of carbonyl (C=O) groups is 1. The first-order valence-corrected chi connectivity index (χ1v) is 7.31. The molecular formula is C12H19N3O2S. The van der Waals surface area contributed by atoms with E-state index in [4.69, 9.17) is 0 Å². The number of anilines is 1. The quantitative estimate of drug-likeness (QED) is 0.657. The maximum absolute atomic E-state index is 10.3. The monoisotopic (exact) mass is 269 g/mol. The lowest BCUT2D eigenvalue weighted by atomic mass is 10.2. The second kappa shape index (κ2) is 6.70. The number of rotatable bonds is 6. The SMILES string of the molecule is O=C([O-])CCCC[NH+]1CCN(c2nccs2)CC1. The molecule has 2 rings (SSSR count). The number of hydrogen-bond acceptors (Lipinski definition) is 5. The second-order valence-electron chi connectivity index (χ2n) is 4.63. The van der Waals surface area contributed by atoms with Crippen molar-refractivity contribution in [3.05, 3.63) is 11.6 Å². The van der Waals surface area contributed by atoms with Gasteiger partial charge in [0.05, 0.1) is 32.7 Å². The zero-order chi connectivity index (χ0) is 12.8. The van der Waals surface area contributed by atoms with Crippen molar-refractivity contribution >= 4 is 22.4 Å². The van der Waals surface area contributed by atoms with Gasteiger partial charge in [-0.1, -0.05) is 0 Å². The molecule has 0 atom stereocenters. The molecule has 0 bridgehead atoms. The molecule has 100 valence electrons. The molecule has 0 aliphatic carbocycles. The van der Waals surface area contributed by atoms with Gasteiger partial charge in [0.15, 0.2) is 5.13 Å². The van der Waals surface area contributed by atoms with Gasteiger partial charge in [-0.05, 0) is 19.3 Å². The lowest BCUT2D eigenvalue weighted by Gasteiger charge is -2.32. The summed E-state index contributed by atoms with van der Waals surface area (Å²) in [5.74, 6) is -0.932. The summed E-state index contributed by atoms with van der Waals surface area (Å²) in [6, 6.07) is 0. The van der Waals surface area contributed by atoms with Gasteiger partial charge in [0.25, 0.3) is 0 Å². The molecular weight excluding hydrogens is 250 g/mol. The highest BCUT2D eigenvalue weighted by Crippen LogP contribution is 2.16. The Morgan fingerprint density at radius 2 is 2.22 bits per heavy atom. The van der Waals surface area contributed by atoms with Crippen LogP contribution in [0, 0.1) is 0 Å². The molecule has 1 saturated heterocycles. The van der Waals surface area contributed by atoms with Crippen LogP contribution in [-0.4, -0.2) is 43.7 Å². The van der Waals surface area contributed by atoms with E-state index in [0.29, 0.717) is 0 Å². The van der Waals surface area contributed by atoms with Gasteiger partial charge in [-0.2, -0.15) is 0 Å². The van der Waals surface area contributed by atoms with Crippen molar-refractivity contribution in [3.63, 3.8) is 0 Å². The molecule has 1 N–H and O–H groups in total. The van der Waals surface area contributed by atoms with Crippen LogP contribution < -0.4 is 14.9 Å². The highest BCUT2D eigenvalue weighted by Gasteiger charge is 2.20. The summed E-state index contributed by atoms with van der Waals surface area (Å²) in [6.07, 6.45) is 3.75. The number of hydrogen-bond donors (Lipinski definition) is 1. The zero-order valence-corrected chi connectivity index (χ0v) is 11.2. The van der Waals surface area contributed by atoms with Gasteiger partial charge < -0.3 is 19.7 Å². The number of carbonyl (C=O) groups excluding carboxylic acids is 1. The Kier molecular flexibility index (Phi) is 4.95. The van der Waals surface area contributed by atoms with E-state index >= 15 is 0 Å². The van der Waals surface area contributed by atoms with E-state index in [1.54, 1.807) is 16.2 Å². The van der Waals surface area contributed by atoms with Gasteiger partial charge in [0, 0.05) is 17.5 Å². The first-order chi connectivity index (χ1) is 8.75. The van der Waals surface area contributed by atoms with E-state index in [1.165, 1.54) is 0 Å². The molecule has 1 aromatic heterocycles. The van der Waals surface area contributed by atoms with Crippen molar-refractivity contribution in [2.24, 2.45) is 0 Å². The van der Waals surface area contributed by atoms with E-state index in [1.807, 2.05) is 11.6 Å². The highest BCUT2D eigenvalue weighted by atomic mass is 32.1. The van der Waals surface area contributed by atoms with Gasteiger partial charge in [-0.15, -0.1) is 11.3 Å². The molecule has 1 aliphatic rings. The molecule has 0 aromatic carbocycles. The van der Waals surface area contributed by atoms with E-state index < -0.39 is 5.97 Å². The Bertz CT molecular complexity index is 361. The summed E-state index contributed by atoms with van der Waals surface area (Å²) in [6.45, 7) is 5.39. The molecule has 5 nitrogen and oxygen atoms in total. The molecule has 0 saturated carbocycles. The Hall–Kier alpha value is -1.14. The summed E-state index contributed by atoms with van der Waals surface area (Å²) in [5, 5.41) is 13.4. The zero-order valence-electron chi connectivity index (χ0n) is 10.4. The number of unbranched alkanes of at least 4 members (excludes halogenated alkanes) is 1. The van der Waals surface area contributed by atoms with Crippen molar-refractivity contribution in [1.29, 1.82) is 0 Å². The fourth-order valence-electron chi connectivity index (χ4n) is 2.28. The molecule has 18 heavy (non-hydrogen) atoms. The fourth-order valence-corrected chi connectivity index (χ4v) is 2.98. The van der Waals surface area contributed by atoms with Crippen LogP contribution in [0.1, 0.15) is 19.3 Å². The van der Waals surface area contributed by atoms with E-state index in [-0.39, 0.29) is 6.42 Å². The predicted octanol–water partition coefficient (Wildman–Crippen LogP) is -1.23. The first-order valence-electron chi connectivity index (χ1n) is 6.43. The van der Waals surface area contributed by atoms with Crippen LogP contribution in [0.5, 0.6) is 0 Å². The predicted molar refractivity (Wildman–Crippen MR) is 68.7 cm³/mol. The van der Waals surface area contributed by atoms with Gasteiger partial charge in [-0.25, -0.2) is 4.98 Å². The third kappa shape index (κ3) is 3.96. The number of thiazole rings is 1. The summed E-state index contributed by atoms with van der Waals surface area (Å²) in [5.41, 5.74) is 0. The normalized spacial score (nSPS) is 17.0. The lowest BCUT2D eigenvalue weighted by molar-refractivity contribution is -0.900. The Balaban J connectivity index is 1.63. The standard InChI is InChI=1S/C12H19N3O2S/c16-11(17)3-1-2-5-14-6-8-15(9-7-14)12-13-4-10-18-12/h4,10H,1-3,5-9H2,(H,16,17). The third-order valence-corrected chi connectivity index (χ3v) is 4.15. The van der Waals surface area contributed by atoms with Crippen molar-refractivity contribution in [2.45, 2.75) is 19.3 Å². The number of nitrogens with zero attached hydrogens (tertiary/aromatic N) is 2. The maximum atomic E-state index is 10.3. The van der Waals surface area contributed by atoms with Crippen LogP contribution in [0.2, 0.25) is 0 Å². The smallest absolute Gasteiger partial charge is 0.185 e. The van der Waals surface area contributed by atoms with Crippen molar-refractivity contribution in [2.75, 3.05) is 37.6 Å². The molecule has 0 radical (unpaired) electrons. The minimum absolute atomic E-state index is 0.193. The fraction of sp³-hybridized carbons (Fsp3) is 0.667. The first kappa shape index (κ1) is 13.3. The van der Waals surface area contributed by atoms with Crippen LogP contribution in [0.4, 0.5) is 5.13 Å². The molecule has 0 spiro atoms. The molecule has 1 aromatic rings. The molecule has 1 fully saturated rings. The number of carboxylic acids is 1. The number of aliphatic carboxylic acids is 1. The van der Waals surface area contributed by atoms with E-state index in [2.05, 4.69) is 9.88 Å². The van der Waals surface area contributed by atoms with Gasteiger partial charge in [-0.3, -0.25) is 0 Å². The largest absolute Gasteiger partial charge is 0.550 e. The summed E-state index contributed by atoms with van der Waals surface area (Å²) < 4.78 is 0. The summed E-state index contributed by atoms with van der Waals surface area (Å²) >= 11 is 1.69. The van der Waals surface area contributed by atoms with Gasteiger partial charge >= 0.3 is 0 Å². The number of quaternary nitrogens is 1. The number of nitrogens with one attached hydrogen (secondary N) is 1. The van der Waals surface area contributed by atoms with Crippen LogP contribution in [0.15, 0.2) is 11.6 Å². The maximum Gasteiger partial charge on any atom is 0.185 e. The Labute approximate surface area is 111 Å². The minimum atomic E-state index is -0.932. The number of piperazine rings is 1. The third-order valence-electron chi connectivity index (χ3n) is 3.32. The Morgan fingerprint density at radius 3 is 2.83 bits per heavy atom. The second-order valence-corrected chi connectivity index (χ2v) is 5.50.